The standard InChI is InChI=1S/C62H45N/c1-5-20-44(21-6-1)46-36-40-50(41-37-46)63(51-42-38-47(39-43-51)45-22-7-2-8-23-45)59-35-18-17-33-57(59)61(48-24-9-3-10-25-48)55-31-15-16-32-56(55)62(49-26-11-4-12-27-49)54-30-14-13-28-52(54)53-29-19-34-58(61)60(53)62/h1-43,57,59H. The number of nitrogens with zero attached hydrogens (tertiary/aromatic N) is 1. The molecular formula is C62H45N. The van der Waals surface area contributed by atoms with Crippen LogP contribution in [0.15, 0.2) is 261 Å². The van der Waals surface area contributed by atoms with Crippen molar-refractivity contribution < 1.29 is 0 Å². The topological polar surface area (TPSA) is 3.24 Å². The highest BCUT2D eigenvalue weighted by Crippen LogP contribution is 2.66. The molecule has 298 valence electrons. The van der Waals surface area contributed by atoms with Gasteiger partial charge in [0.1, 0.15) is 0 Å². The van der Waals surface area contributed by atoms with E-state index in [1.54, 1.807) is 0 Å². The van der Waals surface area contributed by atoms with E-state index in [0.29, 0.717) is 0 Å². The molecule has 4 unspecified atom stereocenters. The highest BCUT2D eigenvalue weighted by atomic mass is 15.2. The highest BCUT2D eigenvalue weighted by molar-refractivity contribution is 5.91. The molecule has 0 amide bonds. The van der Waals surface area contributed by atoms with Gasteiger partial charge in [0, 0.05) is 17.3 Å². The fraction of sp³-hybridized carbons (Fsp3) is 0.0645. The van der Waals surface area contributed by atoms with Gasteiger partial charge in [0.15, 0.2) is 0 Å². The molecule has 63 heavy (non-hydrogen) atoms. The first-order chi connectivity index (χ1) is 31.3. The van der Waals surface area contributed by atoms with E-state index < -0.39 is 10.8 Å². The molecule has 0 heterocycles. The minimum Gasteiger partial charge on any atom is -0.334 e. The molecule has 0 bridgehead atoms. The van der Waals surface area contributed by atoms with Crippen LogP contribution in [-0.2, 0) is 10.8 Å². The third-order valence-corrected chi connectivity index (χ3v) is 14.1. The Bertz CT molecular complexity index is 3070. The van der Waals surface area contributed by atoms with E-state index in [9.17, 15) is 0 Å². The third kappa shape index (κ3) is 5.56. The van der Waals surface area contributed by atoms with Crippen molar-refractivity contribution in [2.45, 2.75) is 16.9 Å². The second-order valence-electron chi connectivity index (χ2n) is 17.1. The van der Waals surface area contributed by atoms with Crippen molar-refractivity contribution in [3.8, 4) is 33.4 Å². The van der Waals surface area contributed by atoms with Gasteiger partial charge in [0.2, 0.25) is 0 Å². The molecule has 9 aromatic rings. The molecule has 9 aromatic carbocycles. The van der Waals surface area contributed by atoms with E-state index in [4.69, 9.17) is 0 Å². The monoisotopic (exact) mass is 803 g/mol. The van der Waals surface area contributed by atoms with Gasteiger partial charge >= 0.3 is 0 Å². The fourth-order valence-corrected chi connectivity index (χ4v) is 11.6. The van der Waals surface area contributed by atoms with Crippen LogP contribution in [0.2, 0.25) is 0 Å². The Morgan fingerprint density at radius 1 is 0.317 bits per heavy atom. The van der Waals surface area contributed by atoms with Crippen LogP contribution >= 0.6 is 0 Å². The van der Waals surface area contributed by atoms with Gasteiger partial charge < -0.3 is 4.90 Å². The SMILES string of the molecule is C1=CC(N(c2ccc(-c3ccccc3)cc2)c2ccc(-c3ccccc3)cc2)C(C2(c3ccccc3)c3ccccc3C3(c4ccccc4)c4ccccc4-c4cccc2c43)C=C1. The minimum atomic E-state index is -0.596. The zero-order chi connectivity index (χ0) is 41.8. The second-order valence-corrected chi connectivity index (χ2v) is 17.1. The van der Waals surface area contributed by atoms with Crippen LogP contribution in [0.3, 0.4) is 0 Å². The Morgan fingerprint density at radius 2 is 0.762 bits per heavy atom. The molecule has 1 heteroatoms. The first-order valence-corrected chi connectivity index (χ1v) is 22.2. The van der Waals surface area contributed by atoms with Crippen molar-refractivity contribution in [2.24, 2.45) is 5.92 Å². The molecule has 12 rings (SSSR count). The van der Waals surface area contributed by atoms with Crippen LogP contribution in [-0.4, -0.2) is 6.04 Å². The van der Waals surface area contributed by atoms with Crippen molar-refractivity contribution in [2.75, 3.05) is 4.90 Å². The molecular weight excluding hydrogens is 759 g/mol. The lowest BCUT2D eigenvalue weighted by molar-refractivity contribution is 0.387. The van der Waals surface area contributed by atoms with Gasteiger partial charge in [-0.1, -0.05) is 237 Å². The van der Waals surface area contributed by atoms with Gasteiger partial charge in [-0.2, -0.15) is 0 Å². The zero-order valence-corrected chi connectivity index (χ0v) is 34.9. The van der Waals surface area contributed by atoms with Gasteiger partial charge in [-0.3, -0.25) is 0 Å². The van der Waals surface area contributed by atoms with E-state index in [-0.39, 0.29) is 12.0 Å². The first-order valence-electron chi connectivity index (χ1n) is 22.2. The van der Waals surface area contributed by atoms with Gasteiger partial charge in [-0.05, 0) is 96.6 Å². The maximum Gasteiger partial charge on any atom is 0.0719 e. The molecule has 0 radical (unpaired) electrons. The molecule has 0 aliphatic heterocycles. The van der Waals surface area contributed by atoms with E-state index in [1.165, 1.54) is 72.3 Å². The second kappa shape index (κ2) is 15.0. The van der Waals surface area contributed by atoms with Crippen LogP contribution in [0.4, 0.5) is 11.4 Å². The number of rotatable bonds is 8. The summed E-state index contributed by atoms with van der Waals surface area (Å²) >= 11 is 0. The number of hydrogen-bond donors (Lipinski definition) is 0. The fourth-order valence-electron chi connectivity index (χ4n) is 11.6. The van der Waals surface area contributed by atoms with Crippen LogP contribution < -0.4 is 4.90 Å². The molecule has 0 aromatic heterocycles. The quantitative estimate of drug-likeness (QED) is 0.148. The maximum absolute atomic E-state index is 2.60. The van der Waals surface area contributed by atoms with Gasteiger partial charge in [-0.15, -0.1) is 0 Å². The summed E-state index contributed by atoms with van der Waals surface area (Å²) in [5.74, 6) is -0.0439. The van der Waals surface area contributed by atoms with E-state index in [2.05, 4.69) is 266 Å². The summed E-state index contributed by atoms with van der Waals surface area (Å²) in [4.78, 5) is 2.60. The lowest BCUT2D eigenvalue weighted by atomic mass is 9.49. The summed E-state index contributed by atoms with van der Waals surface area (Å²) in [6, 6.07) is 88.1. The first kappa shape index (κ1) is 37.1. The van der Waals surface area contributed by atoms with Crippen molar-refractivity contribution in [3.63, 3.8) is 0 Å². The minimum absolute atomic E-state index is 0.0439. The number of hydrogen-bond acceptors (Lipinski definition) is 1. The normalized spacial score (nSPS) is 20.1. The maximum atomic E-state index is 2.60. The summed E-state index contributed by atoms with van der Waals surface area (Å²) in [5, 5.41) is 0. The molecule has 3 aliphatic carbocycles. The molecule has 4 atom stereocenters. The van der Waals surface area contributed by atoms with Gasteiger partial charge in [-0.25, -0.2) is 0 Å². The summed E-state index contributed by atoms with van der Waals surface area (Å²) in [7, 11) is 0. The van der Waals surface area contributed by atoms with Crippen LogP contribution in [0, 0.1) is 5.92 Å². The molecule has 0 saturated heterocycles. The van der Waals surface area contributed by atoms with Crippen molar-refractivity contribution >= 4 is 11.4 Å². The molecule has 3 aliphatic rings. The molecule has 0 N–H and O–H groups in total. The Kier molecular flexibility index (Phi) is 8.83. The lowest BCUT2D eigenvalue weighted by Crippen LogP contribution is -2.53. The summed E-state index contributed by atoms with van der Waals surface area (Å²) in [6.45, 7) is 0. The smallest absolute Gasteiger partial charge is 0.0719 e. The van der Waals surface area contributed by atoms with Crippen molar-refractivity contribution in [3.05, 3.63) is 300 Å². The average Bonchev–Trinajstić information content (AvgIpc) is 3.68. The Hall–Kier alpha value is -7.74. The van der Waals surface area contributed by atoms with Crippen LogP contribution in [0.25, 0.3) is 33.4 Å². The van der Waals surface area contributed by atoms with E-state index >= 15 is 0 Å². The van der Waals surface area contributed by atoms with Crippen LogP contribution in [0.1, 0.15) is 38.9 Å². The van der Waals surface area contributed by atoms with Crippen molar-refractivity contribution in [1.82, 2.24) is 0 Å². The molecule has 0 spiro atoms. The lowest BCUT2D eigenvalue weighted by Gasteiger charge is -2.54. The number of anilines is 2. The Labute approximate surface area is 370 Å². The van der Waals surface area contributed by atoms with Crippen molar-refractivity contribution in [1.29, 1.82) is 0 Å². The average molecular weight is 804 g/mol. The Morgan fingerprint density at radius 3 is 1.37 bits per heavy atom. The highest BCUT2D eigenvalue weighted by Gasteiger charge is 2.60. The summed E-state index contributed by atoms with van der Waals surface area (Å²) in [5.41, 5.74) is 18.0. The van der Waals surface area contributed by atoms with Gasteiger partial charge in [0.25, 0.3) is 0 Å². The predicted octanol–water partition coefficient (Wildman–Crippen LogP) is 15.0. The van der Waals surface area contributed by atoms with E-state index in [1.807, 2.05) is 0 Å². The number of benzene rings is 9. The number of fused-ring (bicyclic) bond motifs is 5. The number of allylic oxidation sites excluding steroid dienone is 2. The molecule has 0 saturated carbocycles. The van der Waals surface area contributed by atoms with Gasteiger partial charge in [0.05, 0.1) is 16.9 Å². The molecule has 0 fully saturated rings. The zero-order valence-electron chi connectivity index (χ0n) is 34.9. The van der Waals surface area contributed by atoms with E-state index in [0.717, 1.165) is 11.4 Å². The largest absolute Gasteiger partial charge is 0.334 e. The van der Waals surface area contributed by atoms with Crippen LogP contribution in [0.5, 0.6) is 0 Å². The summed E-state index contributed by atoms with van der Waals surface area (Å²) < 4.78 is 0. The predicted molar refractivity (Wildman–Crippen MR) is 262 cm³/mol. The Balaban J connectivity index is 1.13. The summed E-state index contributed by atoms with van der Waals surface area (Å²) in [6.07, 6.45) is 9.51. The third-order valence-electron chi connectivity index (χ3n) is 14.1. The molecule has 1 nitrogen and oxygen atoms in total.